The van der Waals surface area contributed by atoms with Gasteiger partial charge in [-0.15, -0.1) is 6.58 Å². The van der Waals surface area contributed by atoms with Crippen molar-refractivity contribution in [3.63, 3.8) is 0 Å². The van der Waals surface area contributed by atoms with Crippen LogP contribution in [0.25, 0.3) is 0 Å². The third-order valence-electron chi connectivity index (χ3n) is 4.27. The molecule has 2 aliphatic heterocycles. The predicted molar refractivity (Wildman–Crippen MR) is 91.0 cm³/mol. The molecule has 1 aromatic carbocycles. The molecule has 6 nitrogen and oxygen atoms in total. The molecule has 0 saturated carbocycles. The first-order valence-electron chi connectivity index (χ1n) is 8.16. The minimum absolute atomic E-state index is 0.297. The number of halogens is 1. The number of fused-ring (bicyclic) bond motifs is 1. The van der Waals surface area contributed by atoms with Gasteiger partial charge in [-0.25, -0.2) is 0 Å². The molecule has 25 heavy (non-hydrogen) atoms. The summed E-state index contributed by atoms with van der Waals surface area (Å²) in [5, 5.41) is 21.7. The lowest BCUT2D eigenvalue weighted by atomic mass is 9.98. The number of aliphatic hydroxyl groups excluding tert-OH is 2. The largest absolute Gasteiger partial charge is 0.387 e. The zero-order valence-electron chi connectivity index (χ0n) is 14.2. The quantitative estimate of drug-likeness (QED) is 0.591. The standard InChI is InChI=1S/C18H23ClO6/c1-4-7-22-9-11-8-10(5-6-12(11)19)13(20)15-14(21)16-17(23-15)25-18(2,3)24-16/h4-6,8,13-17,20-21H,1,7,9H2,2-3H3/t13-,14+,15-,16-,17-/m0/s1. The monoisotopic (exact) mass is 370 g/mol. The molecule has 0 aliphatic carbocycles. The molecule has 2 heterocycles. The maximum atomic E-state index is 10.7. The van der Waals surface area contributed by atoms with E-state index in [-0.39, 0.29) is 0 Å². The third kappa shape index (κ3) is 3.90. The number of aliphatic hydroxyl groups is 2. The SMILES string of the molecule is C=CCOCc1cc([C@H](O)[C@@H]2O[C@H]3OC(C)(C)O[C@H]3[C@@H]2O)ccc1Cl. The van der Waals surface area contributed by atoms with Gasteiger partial charge in [-0.05, 0) is 37.1 Å². The van der Waals surface area contributed by atoms with Crippen molar-refractivity contribution in [3.8, 4) is 0 Å². The van der Waals surface area contributed by atoms with Crippen molar-refractivity contribution in [2.24, 2.45) is 0 Å². The fourth-order valence-corrected chi connectivity index (χ4v) is 3.28. The van der Waals surface area contributed by atoms with Gasteiger partial charge in [0, 0.05) is 5.02 Å². The van der Waals surface area contributed by atoms with Gasteiger partial charge in [-0.1, -0.05) is 23.7 Å². The molecule has 0 bridgehead atoms. The van der Waals surface area contributed by atoms with Crippen LogP contribution in [0, 0.1) is 0 Å². The van der Waals surface area contributed by atoms with Crippen LogP contribution in [0.1, 0.15) is 31.1 Å². The van der Waals surface area contributed by atoms with Crippen LogP contribution in [0.15, 0.2) is 30.9 Å². The van der Waals surface area contributed by atoms with Crippen molar-refractivity contribution in [1.82, 2.24) is 0 Å². The zero-order chi connectivity index (χ0) is 18.2. The van der Waals surface area contributed by atoms with E-state index in [2.05, 4.69) is 6.58 Å². The van der Waals surface area contributed by atoms with Gasteiger partial charge in [0.2, 0.25) is 0 Å². The Bertz CT molecular complexity index is 634. The molecule has 3 rings (SSSR count). The van der Waals surface area contributed by atoms with E-state index in [1.54, 1.807) is 38.1 Å². The summed E-state index contributed by atoms with van der Waals surface area (Å²) in [4.78, 5) is 0. The summed E-state index contributed by atoms with van der Waals surface area (Å²) in [6, 6.07) is 5.12. The van der Waals surface area contributed by atoms with E-state index in [1.165, 1.54) is 0 Å². The van der Waals surface area contributed by atoms with Gasteiger partial charge in [0.15, 0.2) is 12.1 Å². The highest BCUT2D eigenvalue weighted by atomic mass is 35.5. The van der Waals surface area contributed by atoms with E-state index in [0.717, 1.165) is 5.56 Å². The van der Waals surface area contributed by atoms with E-state index in [0.29, 0.717) is 23.8 Å². The molecular formula is C18H23ClO6. The molecule has 138 valence electrons. The molecule has 2 aliphatic rings. The van der Waals surface area contributed by atoms with Gasteiger partial charge in [-0.2, -0.15) is 0 Å². The minimum Gasteiger partial charge on any atom is -0.387 e. The summed E-state index contributed by atoms with van der Waals surface area (Å²) in [6.45, 7) is 7.80. The number of hydrogen-bond acceptors (Lipinski definition) is 6. The summed E-state index contributed by atoms with van der Waals surface area (Å²) >= 11 is 6.17. The number of rotatable bonds is 6. The van der Waals surface area contributed by atoms with Gasteiger partial charge in [0.05, 0.1) is 13.2 Å². The Morgan fingerprint density at radius 2 is 2.16 bits per heavy atom. The molecule has 0 amide bonds. The Morgan fingerprint density at radius 3 is 2.84 bits per heavy atom. The topological polar surface area (TPSA) is 77.4 Å². The van der Waals surface area contributed by atoms with Gasteiger partial charge >= 0.3 is 0 Å². The Kier molecular flexibility index (Phi) is 5.51. The van der Waals surface area contributed by atoms with Crippen LogP contribution in [0.5, 0.6) is 0 Å². The molecule has 0 spiro atoms. The molecule has 0 unspecified atom stereocenters. The van der Waals surface area contributed by atoms with Gasteiger partial charge in [-0.3, -0.25) is 0 Å². The van der Waals surface area contributed by atoms with E-state index in [9.17, 15) is 10.2 Å². The second kappa shape index (κ2) is 7.32. The van der Waals surface area contributed by atoms with Crippen molar-refractivity contribution in [2.45, 2.75) is 56.9 Å². The molecule has 1 aromatic rings. The summed E-state index contributed by atoms with van der Waals surface area (Å²) in [7, 11) is 0. The van der Waals surface area contributed by atoms with Crippen LogP contribution in [0.4, 0.5) is 0 Å². The molecule has 0 aromatic heterocycles. The van der Waals surface area contributed by atoms with Crippen LogP contribution in [-0.4, -0.2) is 47.2 Å². The molecule has 2 fully saturated rings. The first-order valence-corrected chi connectivity index (χ1v) is 8.54. The first-order chi connectivity index (χ1) is 11.8. The highest BCUT2D eigenvalue weighted by Crippen LogP contribution is 2.41. The fraction of sp³-hybridized carbons (Fsp3) is 0.556. The van der Waals surface area contributed by atoms with Crippen LogP contribution >= 0.6 is 11.6 Å². The molecular weight excluding hydrogens is 348 g/mol. The van der Waals surface area contributed by atoms with E-state index < -0.39 is 36.5 Å². The second-order valence-corrected chi connectivity index (χ2v) is 7.07. The van der Waals surface area contributed by atoms with E-state index >= 15 is 0 Å². The van der Waals surface area contributed by atoms with Crippen molar-refractivity contribution in [1.29, 1.82) is 0 Å². The Labute approximate surface area is 151 Å². The molecule has 2 saturated heterocycles. The average molecular weight is 371 g/mol. The maximum absolute atomic E-state index is 10.7. The predicted octanol–water partition coefficient (Wildman–Crippen LogP) is 2.31. The highest BCUT2D eigenvalue weighted by molar-refractivity contribution is 6.31. The third-order valence-corrected chi connectivity index (χ3v) is 4.64. The van der Waals surface area contributed by atoms with Crippen molar-refractivity contribution in [3.05, 3.63) is 47.0 Å². The van der Waals surface area contributed by atoms with Crippen LogP contribution in [0.3, 0.4) is 0 Å². The molecule has 7 heteroatoms. The highest BCUT2D eigenvalue weighted by Gasteiger charge is 2.56. The van der Waals surface area contributed by atoms with Crippen LogP contribution in [0.2, 0.25) is 5.02 Å². The number of benzene rings is 1. The molecule has 5 atom stereocenters. The zero-order valence-corrected chi connectivity index (χ0v) is 15.0. The number of ether oxygens (including phenoxy) is 4. The van der Waals surface area contributed by atoms with Gasteiger partial charge < -0.3 is 29.2 Å². The summed E-state index contributed by atoms with van der Waals surface area (Å²) in [6.07, 6.45) is -2.58. The van der Waals surface area contributed by atoms with Crippen molar-refractivity contribution >= 4 is 11.6 Å². The smallest absolute Gasteiger partial charge is 0.190 e. The first kappa shape index (κ1) is 18.8. The average Bonchev–Trinajstić information content (AvgIpc) is 3.02. The molecule has 2 N–H and O–H groups in total. The summed E-state index contributed by atoms with van der Waals surface area (Å²) in [5.74, 6) is -0.817. The lowest BCUT2D eigenvalue weighted by molar-refractivity contribution is -0.226. The van der Waals surface area contributed by atoms with Gasteiger partial charge in [0.25, 0.3) is 0 Å². The normalized spacial score (nSPS) is 31.7. The van der Waals surface area contributed by atoms with Crippen molar-refractivity contribution in [2.75, 3.05) is 6.61 Å². The lowest BCUT2D eigenvalue weighted by Crippen LogP contribution is -2.37. The van der Waals surface area contributed by atoms with Crippen molar-refractivity contribution < 1.29 is 29.2 Å². The summed E-state index contributed by atoms with van der Waals surface area (Å²) < 4.78 is 22.4. The Balaban J connectivity index is 1.72. The Hall–Kier alpha value is -0.990. The minimum atomic E-state index is -1.05. The van der Waals surface area contributed by atoms with Gasteiger partial charge in [0.1, 0.15) is 24.4 Å². The fourth-order valence-electron chi connectivity index (χ4n) is 3.11. The van der Waals surface area contributed by atoms with Crippen LogP contribution in [-0.2, 0) is 25.6 Å². The summed E-state index contributed by atoms with van der Waals surface area (Å²) in [5.41, 5.74) is 1.31. The maximum Gasteiger partial charge on any atom is 0.190 e. The molecule has 0 radical (unpaired) electrons. The van der Waals surface area contributed by atoms with Crippen LogP contribution < -0.4 is 0 Å². The number of hydrogen-bond donors (Lipinski definition) is 2. The van der Waals surface area contributed by atoms with E-state index in [4.69, 9.17) is 30.5 Å². The van der Waals surface area contributed by atoms with E-state index in [1.807, 2.05) is 0 Å². The second-order valence-electron chi connectivity index (χ2n) is 6.66. The lowest BCUT2D eigenvalue weighted by Gasteiger charge is -2.26. The Morgan fingerprint density at radius 1 is 1.40 bits per heavy atom.